The molecule has 0 unspecified atom stereocenters. The molecule has 2 aromatic carbocycles. The second kappa shape index (κ2) is 9.73. The van der Waals surface area contributed by atoms with E-state index in [9.17, 15) is 9.59 Å². The van der Waals surface area contributed by atoms with Crippen LogP contribution >= 0.6 is 11.8 Å². The minimum atomic E-state index is -0.127. The highest BCUT2D eigenvalue weighted by molar-refractivity contribution is 7.99. The highest BCUT2D eigenvalue weighted by Crippen LogP contribution is 2.17. The summed E-state index contributed by atoms with van der Waals surface area (Å²) in [5, 5.41) is 2.85. The van der Waals surface area contributed by atoms with Crippen molar-refractivity contribution in [1.82, 2.24) is 14.9 Å². The number of hydrogen-bond donors (Lipinski definition) is 1. The largest absolute Gasteiger partial charge is 0.354 e. The average molecular weight is 379 g/mol. The van der Waals surface area contributed by atoms with Gasteiger partial charge in [0.15, 0.2) is 0 Å². The molecule has 0 saturated heterocycles. The monoisotopic (exact) mass is 379 g/mol. The Morgan fingerprint density at radius 3 is 2.44 bits per heavy atom. The van der Waals surface area contributed by atoms with Crippen LogP contribution in [0.15, 0.2) is 82.7 Å². The van der Waals surface area contributed by atoms with Crippen LogP contribution in [-0.4, -0.2) is 27.8 Å². The van der Waals surface area contributed by atoms with Crippen molar-refractivity contribution >= 4 is 17.7 Å². The fourth-order valence-corrected chi connectivity index (χ4v) is 3.42. The molecule has 0 radical (unpaired) electrons. The molecule has 0 aliphatic carbocycles. The van der Waals surface area contributed by atoms with Gasteiger partial charge in [0.25, 0.3) is 5.56 Å². The van der Waals surface area contributed by atoms with E-state index in [0.717, 1.165) is 16.2 Å². The number of amides is 1. The molecular weight excluding hydrogens is 358 g/mol. The van der Waals surface area contributed by atoms with Crippen LogP contribution in [0.1, 0.15) is 6.42 Å². The molecule has 3 aromatic rings. The first kappa shape index (κ1) is 18.9. The number of nitrogens with one attached hydrogen (secondary N) is 1. The molecule has 0 saturated carbocycles. The van der Waals surface area contributed by atoms with Crippen molar-refractivity contribution in [2.24, 2.45) is 0 Å². The molecule has 1 amide bonds. The third-order valence-electron chi connectivity index (χ3n) is 3.96. The second-order valence-electron chi connectivity index (χ2n) is 5.93. The summed E-state index contributed by atoms with van der Waals surface area (Å²) in [6, 6.07) is 21.1. The molecule has 27 heavy (non-hydrogen) atoms. The Morgan fingerprint density at radius 1 is 1.04 bits per heavy atom. The van der Waals surface area contributed by atoms with E-state index in [4.69, 9.17) is 0 Å². The summed E-state index contributed by atoms with van der Waals surface area (Å²) in [6.07, 6.45) is 1.97. The molecule has 0 aliphatic rings. The fourth-order valence-electron chi connectivity index (χ4n) is 2.54. The van der Waals surface area contributed by atoms with Crippen LogP contribution < -0.4 is 10.9 Å². The lowest BCUT2D eigenvalue weighted by Crippen LogP contribution is -2.30. The van der Waals surface area contributed by atoms with Gasteiger partial charge in [-0.15, -0.1) is 11.8 Å². The van der Waals surface area contributed by atoms with Crippen LogP contribution in [-0.2, 0) is 11.3 Å². The van der Waals surface area contributed by atoms with Crippen LogP contribution in [0.5, 0.6) is 0 Å². The standard InChI is InChI=1S/C21H21N3O2S/c25-20(11-14-27-18-9-5-2-6-10-18)22-12-13-24-16-23-19(15-21(24)26)17-7-3-1-4-8-17/h1-10,15-16H,11-14H2,(H,22,25). The maximum Gasteiger partial charge on any atom is 0.253 e. The Kier molecular flexibility index (Phi) is 6.82. The summed E-state index contributed by atoms with van der Waals surface area (Å²) in [4.78, 5) is 29.6. The molecule has 1 N–H and O–H groups in total. The summed E-state index contributed by atoms with van der Waals surface area (Å²) in [7, 11) is 0. The molecule has 0 bridgehead atoms. The highest BCUT2D eigenvalue weighted by Gasteiger charge is 2.04. The third-order valence-corrected chi connectivity index (χ3v) is 4.98. The third kappa shape index (κ3) is 5.82. The van der Waals surface area contributed by atoms with Crippen molar-refractivity contribution in [2.75, 3.05) is 12.3 Å². The lowest BCUT2D eigenvalue weighted by atomic mass is 10.1. The predicted molar refractivity (Wildman–Crippen MR) is 109 cm³/mol. The zero-order valence-corrected chi connectivity index (χ0v) is 15.7. The second-order valence-corrected chi connectivity index (χ2v) is 7.10. The molecule has 0 atom stereocenters. The van der Waals surface area contributed by atoms with Gasteiger partial charge in [0.05, 0.1) is 12.0 Å². The first-order chi connectivity index (χ1) is 13.2. The Bertz CT molecular complexity index is 927. The van der Waals surface area contributed by atoms with Gasteiger partial charge in [-0.2, -0.15) is 0 Å². The summed E-state index contributed by atoms with van der Waals surface area (Å²) >= 11 is 1.65. The molecule has 0 fully saturated rings. The summed E-state index contributed by atoms with van der Waals surface area (Å²) in [5.74, 6) is 0.712. The van der Waals surface area contributed by atoms with Crippen molar-refractivity contribution in [3.05, 3.63) is 83.4 Å². The Labute approximate surface area is 162 Å². The van der Waals surface area contributed by atoms with Crippen molar-refractivity contribution in [1.29, 1.82) is 0 Å². The molecule has 5 nitrogen and oxygen atoms in total. The van der Waals surface area contributed by atoms with E-state index in [1.807, 2.05) is 60.7 Å². The van der Waals surface area contributed by atoms with E-state index in [1.54, 1.807) is 11.8 Å². The van der Waals surface area contributed by atoms with E-state index in [1.165, 1.54) is 17.0 Å². The minimum absolute atomic E-state index is 0.0136. The number of nitrogens with zero attached hydrogens (tertiary/aromatic N) is 2. The number of aromatic nitrogens is 2. The lowest BCUT2D eigenvalue weighted by molar-refractivity contribution is -0.120. The summed E-state index contributed by atoms with van der Waals surface area (Å²) in [5.41, 5.74) is 1.43. The van der Waals surface area contributed by atoms with Crippen LogP contribution in [0.3, 0.4) is 0 Å². The summed E-state index contributed by atoms with van der Waals surface area (Å²) in [6.45, 7) is 0.805. The zero-order valence-electron chi connectivity index (χ0n) is 14.9. The van der Waals surface area contributed by atoms with Gasteiger partial charge in [-0.05, 0) is 12.1 Å². The van der Waals surface area contributed by atoms with Gasteiger partial charge >= 0.3 is 0 Å². The quantitative estimate of drug-likeness (QED) is 0.611. The average Bonchev–Trinajstić information content (AvgIpc) is 2.71. The maximum atomic E-state index is 12.2. The van der Waals surface area contributed by atoms with E-state index in [2.05, 4.69) is 10.3 Å². The molecular formula is C21H21N3O2S. The minimum Gasteiger partial charge on any atom is -0.354 e. The van der Waals surface area contributed by atoms with Crippen molar-refractivity contribution in [2.45, 2.75) is 17.9 Å². The van der Waals surface area contributed by atoms with E-state index >= 15 is 0 Å². The van der Waals surface area contributed by atoms with Gasteiger partial charge in [0.1, 0.15) is 0 Å². The van der Waals surface area contributed by atoms with E-state index in [-0.39, 0.29) is 11.5 Å². The number of hydrogen-bond acceptors (Lipinski definition) is 4. The normalized spacial score (nSPS) is 10.5. The Hall–Kier alpha value is -2.86. The van der Waals surface area contributed by atoms with Crippen LogP contribution in [0.4, 0.5) is 0 Å². The highest BCUT2D eigenvalue weighted by atomic mass is 32.2. The number of carbonyl (C=O) groups is 1. The first-order valence-corrected chi connectivity index (χ1v) is 9.77. The summed E-state index contributed by atoms with van der Waals surface area (Å²) < 4.78 is 1.51. The van der Waals surface area contributed by atoms with Gasteiger partial charge in [0, 0.05) is 41.8 Å². The molecule has 1 aromatic heterocycles. The van der Waals surface area contributed by atoms with Gasteiger partial charge in [-0.1, -0.05) is 48.5 Å². The van der Waals surface area contributed by atoms with Crippen molar-refractivity contribution in [3.63, 3.8) is 0 Å². The van der Waals surface area contributed by atoms with Crippen LogP contribution in [0.25, 0.3) is 11.3 Å². The SMILES string of the molecule is O=C(CCSc1ccccc1)NCCn1cnc(-c2ccccc2)cc1=O. The molecule has 3 rings (SSSR count). The van der Waals surface area contributed by atoms with E-state index in [0.29, 0.717) is 25.2 Å². The van der Waals surface area contributed by atoms with Gasteiger partial charge in [0.2, 0.25) is 5.91 Å². The topological polar surface area (TPSA) is 64.0 Å². The molecule has 6 heteroatoms. The van der Waals surface area contributed by atoms with Crippen LogP contribution in [0, 0.1) is 0 Å². The van der Waals surface area contributed by atoms with Gasteiger partial charge in [-0.25, -0.2) is 4.98 Å². The Morgan fingerprint density at radius 2 is 1.74 bits per heavy atom. The molecule has 1 heterocycles. The van der Waals surface area contributed by atoms with Crippen molar-refractivity contribution in [3.8, 4) is 11.3 Å². The van der Waals surface area contributed by atoms with E-state index < -0.39 is 0 Å². The number of rotatable bonds is 8. The molecule has 0 aliphatic heterocycles. The number of benzene rings is 2. The predicted octanol–water partition coefficient (Wildman–Crippen LogP) is 3.21. The van der Waals surface area contributed by atoms with Gasteiger partial charge < -0.3 is 5.32 Å². The zero-order chi connectivity index (χ0) is 18.9. The molecule has 0 spiro atoms. The molecule has 138 valence electrons. The number of thioether (sulfide) groups is 1. The first-order valence-electron chi connectivity index (χ1n) is 8.79. The van der Waals surface area contributed by atoms with Crippen molar-refractivity contribution < 1.29 is 4.79 Å². The lowest BCUT2D eigenvalue weighted by Gasteiger charge is -2.08. The number of carbonyl (C=O) groups excluding carboxylic acids is 1. The van der Waals surface area contributed by atoms with Gasteiger partial charge in [-0.3, -0.25) is 14.2 Å². The van der Waals surface area contributed by atoms with Crippen LogP contribution in [0.2, 0.25) is 0 Å². The smallest absolute Gasteiger partial charge is 0.253 e. The Balaban J connectivity index is 1.43. The fraction of sp³-hybridized carbons (Fsp3) is 0.190. The maximum absolute atomic E-state index is 12.2.